The number of benzene rings is 1. The largest absolute Gasteiger partial charge is 0.535 e. The first kappa shape index (κ1) is 14.4. The molecule has 1 saturated heterocycles. The summed E-state index contributed by atoms with van der Waals surface area (Å²) >= 11 is 1.61. The lowest BCUT2D eigenvalue weighted by molar-refractivity contribution is 0.0690. The minimum absolute atomic E-state index is 0.135. The van der Waals surface area contributed by atoms with Crippen molar-refractivity contribution in [3.8, 4) is 5.75 Å². The van der Waals surface area contributed by atoms with Crippen molar-refractivity contribution in [3.63, 3.8) is 0 Å². The Hall–Kier alpha value is -1.18. The van der Waals surface area contributed by atoms with Gasteiger partial charge in [0.2, 0.25) is 0 Å². The number of thioether (sulfide) groups is 1. The van der Waals surface area contributed by atoms with E-state index >= 15 is 0 Å². The number of nitrogens with zero attached hydrogens (tertiary/aromatic N) is 1. The zero-order valence-electron chi connectivity index (χ0n) is 12.4. The van der Waals surface area contributed by atoms with Crippen LogP contribution < -0.4 is 4.65 Å². The minimum atomic E-state index is -0.975. The molecule has 3 aliphatic rings. The Bertz CT molecular complexity index is 640. The number of carboxylic acids is 1. The molecule has 2 heterocycles. The number of carbonyl (C=O) groups is 1. The predicted octanol–water partition coefficient (Wildman–Crippen LogP) is 1.91. The van der Waals surface area contributed by atoms with E-state index in [0.717, 1.165) is 36.4 Å². The average molecular weight is 319 g/mol. The van der Waals surface area contributed by atoms with Crippen LogP contribution in [0.3, 0.4) is 0 Å². The van der Waals surface area contributed by atoms with Crippen molar-refractivity contribution in [2.75, 3.05) is 20.1 Å². The van der Waals surface area contributed by atoms with Crippen molar-refractivity contribution < 1.29 is 19.6 Å². The topological polar surface area (TPSA) is 70.0 Å². The van der Waals surface area contributed by atoms with Gasteiger partial charge in [-0.25, -0.2) is 4.79 Å². The molecule has 5 nitrogen and oxygen atoms in total. The molecule has 3 atom stereocenters. The van der Waals surface area contributed by atoms with E-state index in [9.17, 15) is 14.9 Å². The number of rotatable bonds is 3. The lowest BCUT2D eigenvalue weighted by Gasteiger charge is -2.23. The second-order valence-corrected chi connectivity index (χ2v) is 7.81. The number of hydrogen-bond donors (Lipinski definition) is 2. The molecule has 2 N–H and O–H groups in total. The van der Waals surface area contributed by atoms with Gasteiger partial charge in [0, 0.05) is 22.5 Å². The van der Waals surface area contributed by atoms with E-state index in [1.807, 2.05) is 12.1 Å². The van der Waals surface area contributed by atoms with Gasteiger partial charge in [0.05, 0.1) is 0 Å². The van der Waals surface area contributed by atoms with Gasteiger partial charge >= 0.3 is 13.1 Å². The van der Waals surface area contributed by atoms with Crippen LogP contribution in [0, 0.1) is 0 Å². The second-order valence-electron chi connectivity index (χ2n) is 6.47. The summed E-state index contributed by atoms with van der Waals surface area (Å²) in [5, 5.41) is 20.0. The molecule has 0 bridgehead atoms. The number of aromatic carboxylic acids is 1. The molecule has 2 aliphatic heterocycles. The maximum atomic E-state index is 11.8. The standard InChI is InChI=1S/C15H18BNO4S/c1-17-5-4-8(7-17)22-12-3-2-9-10-6-11(10)16(20)21-14(9)13(12)15(18)19/h2-3,8,10-11,20H,4-7H2,1H3,(H,18,19)/t8?,10-,11-/m1/s1. The monoisotopic (exact) mass is 319 g/mol. The van der Waals surface area contributed by atoms with E-state index in [1.54, 1.807) is 11.8 Å². The van der Waals surface area contributed by atoms with Crippen molar-refractivity contribution in [3.05, 3.63) is 23.3 Å². The Labute approximate surface area is 133 Å². The molecule has 2 fully saturated rings. The van der Waals surface area contributed by atoms with Gasteiger partial charge in [-0.2, -0.15) is 0 Å². The van der Waals surface area contributed by atoms with Gasteiger partial charge in [-0.15, -0.1) is 11.8 Å². The lowest BCUT2D eigenvalue weighted by Crippen LogP contribution is -2.27. The maximum Gasteiger partial charge on any atom is 0.526 e. The summed E-state index contributed by atoms with van der Waals surface area (Å²) in [6.45, 7) is 2.01. The average Bonchev–Trinajstić information content (AvgIpc) is 3.17. The molecule has 0 radical (unpaired) electrons. The van der Waals surface area contributed by atoms with E-state index in [0.29, 0.717) is 11.0 Å². The summed E-state index contributed by atoms with van der Waals surface area (Å²) in [7, 11) is 1.21. The molecule has 1 unspecified atom stereocenters. The summed E-state index contributed by atoms with van der Waals surface area (Å²) < 4.78 is 5.56. The SMILES string of the molecule is CN1CCC(Sc2ccc3c(c2C(=O)O)OB(O)[C@@H]2C[C@H]32)C1. The van der Waals surface area contributed by atoms with Crippen LogP contribution in [0.4, 0.5) is 0 Å². The van der Waals surface area contributed by atoms with Gasteiger partial charge < -0.3 is 19.7 Å². The zero-order chi connectivity index (χ0) is 15.4. The first-order valence-corrected chi connectivity index (χ1v) is 8.52. The minimum Gasteiger partial charge on any atom is -0.535 e. The van der Waals surface area contributed by atoms with Crippen molar-refractivity contribution in [2.45, 2.75) is 34.7 Å². The smallest absolute Gasteiger partial charge is 0.526 e. The second kappa shape index (κ2) is 5.18. The highest BCUT2D eigenvalue weighted by atomic mass is 32.2. The van der Waals surface area contributed by atoms with E-state index in [4.69, 9.17) is 4.65 Å². The van der Waals surface area contributed by atoms with Crippen LogP contribution in [0.15, 0.2) is 17.0 Å². The fraction of sp³-hybridized carbons (Fsp3) is 0.533. The number of hydrogen-bond acceptors (Lipinski definition) is 5. The third-order valence-corrected chi connectivity index (χ3v) is 6.16. The zero-order valence-corrected chi connectivity index (χ0v) is 13.2. The normalized spacial score (nSPS) is 29.7. The predicted molar refractivity (Wildman–Crippen MR) is 84.9 cm³/mol. The first-order valence-electron chi connectivity index (χ1n) is 7.64. The van der Waals surface area contributed by atoms with Crippen LogP contribution in [0.1, 0.15) is 34.7 Å². The van der Waals surface area contributed by atoms with Gasteiger partial charge in [0.25, 0.3) is 0 Å². The Morgan fingerprint density at radius 1 is 1.50 bits per heavy atom. The van der Waals surface area contributed by atoms with Crippen molar-refractivity contribution in [1.82, 2.24) is 4.90 Å². The van der Waals surface area contributed by atoms with E-state index in [-0.39, 0.29) is 17.3 Å². The fourth-order valence-electron chi connectivity index (χ4n) is 3.57. The Kier molecular flexibility index (Phi) is 3.40. The van der Waals surface area contributed by atoms with Crippen LogP contribution in [0.2, 0.25) is 5.82 Å². The maximum absolute atomic E-state index is 11.8. The molecule has 0 amide bonds. The quantitative estimate of drug-likeness (QED) is 0.830. The molecule has 1 aromatic carbocycles. The van der Waals surface area contributed by atoms with Crippen molar-refractivity contribution in [1.29, 1.82) is 0 Å². The summed E-state index contributed by atoms with van der Waals surface area (Å²) in [5.74, 6) is -0.197. The van der Waals surface area contributed by atoms with Crippen LogP contribution in [0.5, 0.6) is 5.75 Å². The van der Waals surface area contributed by atoms with Gasteiger partial charge in [-0.3, -0.25) is 0 Å². The van der Waals surface area contributed by atoms with Crippen LogP contribution in [-0.2, 0) is 0 Å². The van der Waals surface area contributed by atoms with E-state index < -0.39 is 13.1 Å². The Morgan fingerprint density at radius 2 is 2.32 bits per heavy atom. The molecular weight excluding hydrogens is 301 g/mol. The van der Waals surface area contributed by atoms with Crippen molar-refractivity contribution >= 4 is 24.8 Å². The van der Waals surface area contributed by atoms with Crippen LogP contribution in [0.25, 0.3) is 0 Å². The van der Waals surface area contributed by atoms with Gasteiger partial charge in [0.15, 0.2) is 0 Å². The molecule has 7 heteroatoms. The summed E-state index contributed by atoms with van der Waals surface area (Å²) in [4.78, 5) is 14.8. The highest BCUT2D eigenvalue weighted by Crippen LogP contribution is 2.60. The molecule has 22 heavy (non-hydrogen) atoms. The number of fused-ring (bicyclic) bond motifs is 3. The lowest BCUT2D eigenvalue weighted by atomic mass is 9.77. The van der Waals surface area contributed by atoms with Crippen LogP contribution in [-0.4, -0.2) is 53.5 Å². The number of carboxylic acid groups (broad SMARTS) is 1. The van der Waals surface area contributed by atoms with Crippen molar-refractivity contribution in [2.24, 2.45) is 0 Å². The van der Waals surface area contributed by atoms with Gasteiger partial charge in [-0.1, -0.05) is 6.07 Å². The third kappa shape index (κ3) is 2.32. The van der Waals surface area contributed by atoms with E-state index in [2.05, 4.69) is 11.9 Å². The summed E-state index contributed by atoms with van der Waals surface area (Å²) in [5.41, 5.74) is 1.17. The molecule has 116 valence electrons. The summed E-state index contributed by atoms with van der Waals surface area (Å²) in [6.07, 6.45) is 1.94. The Morgan fingerprint density at radius 3 is 3.00 bits per heavy atom. The fourth-order valence-corrected chi connectivity index (χ4v) is 4.92. The molecule has 0 spiro atoms. The molecule has 1 saturated carbocycles. The third-order valence-electron chi connectivity index (χ3n) is 4.85. The molecular formula is C15H18BNO4S. The Balaban J connectivity index is 1.70. The molecule has 0 aromatic heterocycles. The van der Waals surface area contributed by atoms with Gasteiger partial charge in [-0.05, 0) is 44.0 Å². The first-order chi connectivity index (χ1) is 10.5. The van der Waals surface area contributed by atoms with Crippen LogP contribution >= 0.6 is 11.8 Å². The number of likely N-dealkylation sites (tertiary alicyclic amines) is 1. The summed E-state index contributed by atoms with van der Waals surface area (Å²) in [6, 6.07) is 3.90. The highest BCUT2D eigenvalue weighted by Gasteiger charge is 2.54. The van der Waals surface area contributed by atoms with E-state index in [1.165, 1.54) is 0 Å². The molecule has 4 rings (SSSR count). The molecule has 1 aliphatic carbocycles. The molecule has 1 aromatic rings. The highest BCUT2D eigenvalue weighted by molar-refractivity contribution is 8.00. The van der Waals surface area contributed by atoms with Gasteiger partial charge in [0.1, 0.15) is 11.3 Å².